The highest BCUT2D eigenvalue weighted by molar-refractivity contribution is 7.74. The van der Waals surface area contributed by atoms with Gasteiger partial charge in [0.15, 0.2) is 5.78 Å². The fourth-order valence-corrected chi connectivity index (χ4v) is 14.2. The van der Waals surface area contributed by atoms with Crippen molar-refractivity contribution < 1.29 is 67.0 Å². The maximum absolute atomic E-state index is 15.0. The summed E-state index contributed by atoms with van der Waals surface area (Å²) in [5.41, 5.74) is 1.24. The van der Waals surface area contributed by atoms with Crippen molar-refractivity contribution in [3.63, 3.8) is 0 Å². The van der Waals surface area contributed by atoms with Gasteiger partial charge in [-0.05, 0) is 131 Å². The van der Waals surface area contributed by atoms with Crippen LogP contribution >= 0.6 is 7.37 Å². The molecule has 1 saturated carbocycles. The number of rotatable bonds is 10. The summed E-state index contributed by atoms with van der Waals surface area (Å²) in [5.74, 6) is -8.37. The molecule has 0 spiro atoms. The van der Waals surface area contributed by atoms with E-state index in [1.54, 1.807) is 41.1 Å². The first-order valence-corrected chi connectivity index (χ1v) is 30.2. The highest BCUT2D eigenvalue weighted by Gasteiger charge is 2.53. The Morgan fingerprint density at radius 1 is 0.772 bits per heavy atom. The van der Waals surface area contributed by atoms with Crippen LogP contribution in [0.2, 0.25) is 0 Å². The van der Waals surface area contributed by atoms with Crippen molar-refractivity contribution >= 4 is 47.2 Å². The molecule has 2 aromatic rings. The molecule has 2 saturated heterocycles. The lowest BCUT2D eigenvalue weighted by Crippen LogP contribution is -2.61. The van der Waals surface area contributed by atoms with Crippen LogP contribution in [0.3, 0.4) is 0 Å². The number of hydrogen-bond donors (Lipinski definition) is 2. The summed E-state index contributed by atoms with van der Waals surface area (Å²) in [4.78, 5) is 73.1. The summed E-state index contributed by atoms with van der Waals surface area (Å²) < 4.78 is 51.9. The number of cyclic esters (lactones) is 1. The number of Topliss-reactive ketones (excluding diaryl/α,β-unsaturated/α-hetero) is 3. The van der Waals surface area contributed by atoms with E-state index in [1.165, 1.54) is 12.0 Å². The highest BCUT2D eigenvalue weighted by atomic mass is 31.2. The molecule has 3 unspecified atom stereocenters. The molecule has 79 heavy (non-hydrogen) atoms. The predicted molar refractivity (Wildman–Crippen MR) is 304 cm³/mol. The third-order valence-corrected chi connectivity index (χ3v) is 19.5. The molecule has 6 rings (SSSR count). The van der Waals surface area contributed by atoms with Crippen molar-refractivity contribution in [2.75, 3.05) is 27.9 Å². The summed E-state index contributed by atoms with van der Waals surface area (Å²) in [6.45, 7) is 12.7. The lowest BCUT2D eigenvalue weighted by Gasteiger charge is -2.42. The van der Waals surface area contributed by atoms with Gasteiger partial charge in [-0.15, -0.1) is 0 Å². The van der Waals surface area contributed by atoms with Crippen molar-refractivity contribution in [1.82, 2.24) is 4.90 Å². The van der Waals surface area contributed by atoms with E-state index in [9.17, 15) is 38.8 Å². The van der Waals surface area contributed by atoms with Crippen LogP contribution in [0.25, 0.3) is 0 Å². The summed E-state index contributed by atoms with van der Waals surface area (Å²) in [7, 11) is 1.02. The van der Waals surface area contributed by atoms with E-state index < -0.39 is 103 Å². The van der Waals surface area contributed by atoms with Crippen LogP contribution in [0.15, 0.2) is 108 Å². The number of ether oxygens (including phenoxy) is 5. The Labute approximate surface area is 469 Å². The Morgan fingerprint density at radius 2 is 1.44 bits per heavy atom. The van der Waals surface area contributed by atoms with Crippen molar-refractivity contribution in [2.45, 2.75) is 180 Å². The van der Waals surface area contributed by atoms with Crippen LogP contribution in [-0.2, 0) is 56.7 Å². The minimum atomic E-state index is -3.55. The molecule has 3 fully saturated rings. The SMILES string of the molecule is CO[C@H]1C[C@@H]2CC[C@@H](C)[C@@](O)(O2)C(=O)C(=O)N2CCCCC2C(=O)OC([C@H](C)CC2CC[C@@H](OP(=O)(c3ccccc3)c3ccccc3)[C@H](OC)C2)CC(=O)[C@H](C)/C=C(\C)[C@@H](O)[C@@H](OC)C(=O)[C@H](C)C[C@H](C)/C=C/C=C/C=C/1C. The van der Waals surface area contributed by atoms with Crippen LogP contribution < -0.4 is 10.6 Å². The number of aliphatic hydroxyl groups excluding tert-OH is 1. The maximum atomic E-state index is 15.0. The predicted octanol–water partition coefficient (Wildman–Crippen LogP) is 9.13. The van der Waals surface area contributed by atoms with Gasteiger partial charge >= 0.3 is 5.97 Å². The van der Waals surface area contributed by atoms with Crippen molar-refractivity contribution in [2.24, 2.45) is 35.5 Å². The molecule has 0 radical (unpaired) electrons. The first-order chi connectivity index (χ1) is 37.6. The van der Waals surface area contributed by atoms with E-state index in [0.29, 0.717) is 80.4 Å². The average Bonchev–Trinajstić information content (AvgIpc) is 3.46. The van der Waals surface area contributed by atoms with Gasteiger partial charge in [0.25, 0.3) is 19.1 Å². The number of piperidine rings is 1. The molecule has 4 aliphatic rings. The number of fused-ring (bicyclic) bond motifs is 3. The second-order valence-corrected chi connectivity index (χ2v) is 25.2. The zero-order valence-corrected chi connectivity index (χ0v) is 49.1. The third-order valence-electron chi connectivity index (χ3n) is 16.9. The van der Waals surface area contributed by atoms with Gasteiger partial charge in [-0.2, -0.15) is 0 Å². The molecule has 434 valence electrons. The first-order valence-electron chi connectivity index (χ1n) is 28.5. The lowest BCUT2D eigenvalue weighted by molar-refractivity contribution is -0.265. The van der Waals surface area contributed by atoms with Gasteiger partial charge in [0.05, 0.1) is 24.4 Å². The number of amides is 1. The fourth-order valence-electron chi connectivity index (χ4n) is 11.9. The quantitative estimate of drug-likeness (QED) is 0.0987. The van der Waals surface area contributed by atoms with E-state index >= 15 is 0 Å². The number of carbonyl (C=O) groups is 5. The average molecular weight is 1110 g/mol. The summed E-state index contributed by atoms with van der Waals surface area (Å²) in [6.07, 6.45) is 10.6. The zero-order chi connectivity index (χ0) is 57.6. The summed E-state index contributed by atoms with van der Waals surface area (Å²) in [6, 6.07) is 17.2. The third kappa shape index (κ3) is 16.1. The largest absolute Gasteiger partial charge is 0.460 e. The van der Waals surface area contributed by atoms with E-state index in [1.807, 2.05) is 119 Å². The topological polar surface area (TPSA) is 201 Å². The molecule has 3 aliphatic heterocycles. The fraction of sp³-hybridized carbons (Fsp3) is 0.603. The van der Waals surface area contributed by atoms with Gasteiger partial charge in [0, 0.05) is 69.1 Å². The summed E-state index contributed by atoms with van der Waals surface area (Å²) >= 11 is 0. The molecule has 3 heterocycles. The Morgan fingerprint density at radius 3 is 2.08 bits per heavy atom. The minimum Gasteiger partial charge on any atom is -0.460 e. The lowest BCUT2D eigenvalue weighted by atomic mass is 9.78. The van der Waals surface area contributed by atoms with Gasteiger partial charge < -0.3 is 43.3 Å². The maximum Gasteiger partial charge on any atom is 0.329 e. The smallest absolute Gasteiger partial charge is 0.329 e. The van der Waals surface area contributed by atoms with Gasteiger partial charge in [-0.3, -0.25) is 23.7 Å². The summed E-state index contributed by atoms with van der Waals surface area (Å²) in [5, 5.41) is 24.8. The minimum absolute atomic E-state index is 0.000329. The monoisotopic (exact) mass is 1110 g/mol. The van der Waals surface area contributed by atoms with Crippen LogP contribution in [-0.4, -0.2) is 127 Å². The Bertz CT molecular complexity index is 2500. The molecule has 2 N–H and O–H groups in total. The number of ketones is 3. The van der Waals surface area contributed by atoms with Crippen molar-refractivity contribution in [1.29, 1.82) is 0 Å². The van der Waals surface area contributed by atoms with E-state index in [0.717, 1.165) is 5.57 Å². The molecule has 1 aliphatic carbocycles. The number of esters is 1. The van der Waals surface area contributed by atoms with Gasteiger partial charge in [-0.1, -0.05) is 107 Å². The normalized spacial score (nSPS) is 35.5. The first kappa shape index (κ1) is 63.5. The molecular weight excluding hydrogens is 1030 g/mol. The molecule has 2 aromatic carbocycles. The Kier molecular flexibility index (Phi) is 23.6. The van der Waals surface area contributed by atoms with Crippen LogP contribution in [0.5, 0.6) is 0 Å². The molecule has 1 amide bonds. The molecule has 0 aromatic heterocycles. The van der Waals surface area contributed by atoms with Crippen molar-refractivity contribution in [3.8, 4) is 0 Å². The van der Waals surface area contributed by atoms with E-state index in [2.05, 4.69) is 0 Å². The Hall–Kier alpha value is -4.70. The second kappa shape index (κ2) is 29.3. The van der Waals surface area contributed by atoms with Gasteiger partial charge in [0.1, 0.15) is 30.1 Å². The number of aliphatic hydroxyl groups is 2. The number of carbonyl (C=O) groups excluding carboxylic acids is 5. The second-order valence-electron chi connectivity index (χ2n) is 22.9. The molecule has 15 atom stereocenters. The zero-order valence-electron chi connectivity index (χ0n) is 48.2. The van der Waals surface area contributed by atoms with E-state index in [4.69, 9.17) is 28.2 Å². The Balaban J connectivity index is 1.29. The van der Waals surface area contributed by atoms with Crippen LogP contribution in [0.1, 0.15) is 126 Å². The van der Waals surface area contributed by atoms with Gasteiger partial charge in [-0.25, -0.2) is 4.79 Å². The molecule has 2 bridgehead atoms. The van der Waals surface area contributed by atoms with Gasteiger partial charge in [0.2, 0.25) is 5.79 Å². The molecular formula is C63H88NO14P. The molecule has 15 nitrogen and oxygen atoms in total. The van der Waals surface area contributed by atoms with Crippen molar-refractivity contribution in [3.05, 3.63) is 108 Å². The number of hydrogen-bond acceptors (Lipinski definition) is 14. The standard InChI is InChI=1S/C63H88NO14P/c1-40-22-14-11-15-23-41(2)54(73-8)38-48-31-29-46(7)63(71,77-48)60(68)61(69)64-33-21-20-28-51(64)62(70)76-55(39-52(65)42(3)35-45(6)58(67)59(75-10)57(66)44(5)34-40)43(4)36-47-30-32-53(56(37-47)74-9)78-79(72,49-24-16-12-17-25-49)50-26-18-13-19-27-50/h11-19,22-27,35,40,42-44,46-48,51,53-56,58-59,67,71H,20-21,28-34,36-39H2,1-10H3/b15-11+,22-14+,41-23+,45-35+/t40-,42-,43-,44-,46-,47?,48+,51?,53-,54+,55?,56-,58-,59+,63-/m1/s1. The number of methoxy groups -OCH3 is 3. The van der Waals surface area contributed by atoms with Crippen LogP contribution in [0, 0.1) is 35.5 Å². The number of benzene rings is 2. The highest BCUT2D eigenvalue weighted by Crippen LogP contribution is 2.49. The molecule has 16 heteroatoms. The van der Waals surface area contributed by atoms with E-state index in [-0.39, 0.29) is 42.8 Å². The number of allylic oxidation sites excluding steroid dienone is 6. The number of nitrogens with zero attached hydrogens (tertiary/aromatic N) is 1. The van der Waals surface area contributed by atoms with Crippen LogP contribution in [0.4, 0.5) is 0 Å².